The first-order chi connectivity index (χ1) is 14.1. The summed E-state index contributed by atoms with van der Waals surface area (Å²) in [5.41, 5.74) is 1.67. The molecule has 3 aromatic carbocycles. The van der Waals surface area contributed by atoms with Gasteiger partial charge >= 0.3 is 5.97 Å². The molecule has 1 heterocycles. The predicted molar refractivity (Wildman–Crippen MR) is 107 cm³/mol. The number of nitrogens with one attached hydrogen (secondary N) is 1. The summed E-state index contributed by atoms with van der Waals surface area (Å²) >= 11 is 0. The van der Waals surface area contributed by atoms with E-state index in [4.69, 9.17) is 4.74 Å². The molecule has 0 spiro atoms. The molecule has 0 unspecified atom stereocenters. The molecule has 1 atom stereocenters. The van der Waals surface area contributed by atoms with Crippen LogP contribution in [0.3, 0.4) is 0 Å². The van der Waals surface area contributed by atoms with E-state index in [1.165, 1.54) is 17.9 Å². The molecule has 0 saturated carbocycles. The Morgan fingerprint density at radius 3 is 2.48 bits per heavy atom. The number of ether oxygens (including phenoxy) is 1. The highest BCUT2D eigenvalue weighted by atomic mass is 16.5. The lowest BCUT2D eigenvalue weighted by Gasteiger charge is -2.14. The SMILES string of the molecule is C[C@H](OC(=O)c1ccc(-n2cnnn2)cc1)C(=O)Nc1ccc2ccccc2c1. The number of nitrogens with zero attached hydrogens (tertiary/aromatic N) is 4. The average molecular weight is 387 g/mol. The Bertz CT molecular complexity index is 1160. The van der Waals surface area contributed by atoms with Crippen molar-refractivity contribution in [3.05, 3.63) is 78.6 Å². The Balaban J connectivity index is 1.39. The molecule has 8 heteroatoms. The highest BCUT2D eigenvalue weighted by Gasteiger charge is 2.19. The maximum atomic E-state index is 12.4. The number of hydrogen-bond acceptors (Lipinski definition) is 6. The van der Waals surface area contributed by atoms with Crippen molar-refractivity contribution in [3.8, 4) is 5.69 Å². The first-order valence-corrected chi connectivity index (χ1v) is 8.94. The van der Waals surface area contributed by atoms with Gasteiger partial charge in [-0.25, -0.2) is 9.48 Å². The van der Waals surface area contributed by atoms with Crippen molar-refractivity contribution in [1.82, 2.24) is 20.2 Å². The molecule has 0 radical (unpaired) electrons. The van der Waals surface area contributed by atoms with E-state index >= 15 is 0 Å². The molecule has 1 amide bonds. The second kappa shape index (κ2) is 7.89. The first kappa shape index (κ1) is 18.3. The maximum absolute atomic E-state index is 12.4. The minimum atomic E-state index is -0.951. The number of anilines is 1. The summed E-state index contributed by atoms with van der Waals surface area (Å²) in [6.07, 6.45) is 0.500. The van der Waals surface area contributed by atoms with E-state index in [0.717, 1.165) is 10.8 Å². The van der Waals surface area contributed by atoms with Crippen molar-refractivity contribution in [2.45, 2.75) is 13.0 Å². The molecule has 0 aliphatic heterocycles. The summed E-state index contributed by atoms with van der Waals surface area (Å²) < 4.78 is 6.76. The van der Waals surface area contributed by atoms with Crippen LogP contribution in [-0.4, -0.2) is 38.2 Å². The lowest BCUT2D eigenvalue weighted by molar-refractivity contribution is -0.123. The number of benzene rings is 3. The zero-order valence-corrected chi connectivity index (χ0v) is 15.5. The summed E-state index contributed by atoms with van der Waals surface area (Å²) in [4.78, 5) is 24.7. The van der Waals surface area contributed by atoms with E-state index in [0.29, 0.717) is 16.9 Å². The third-order valence-corrected chi connectivity index (χ3v) is 4.39. The third kappa shape index (κ3) is 4.11. The van der Waals surface area contributed by atoms with Crippen LogP contribution < -0.4 is 5.32 Å². The Morgan fingerprint density at radius 1 is 1.00 bits per heavy atom. The van der Waals surface area contributed by atoms with Crippen LogP contribution in [0, 0.1) is 0 Å². The molecular weight excluding hydrogens is 370 g/mol. The topological polar surface area (TPSA) is 99.0 Å². The van der Waals surface area contributed by atoms with E-state index in [9.17, 15) is 9.59 Å². The molecule has 0 aliphatic rings. The standard InChI is InChI=1S/C21H17N5O3/c1-14(20(27)23-18-9-6-15-4-2-3-5-17(15)12-18)29-21(28)16-7-10-19(11-8-16)26-13-22-24-25-26/h2-14H,1H3,(H,23,27)/t14-/m0/s1. The summed E-state index contributed by atoms with van der Waals surface area (Å²) in [6, 6.07) is 20.0. The lowest BCUT2D eigenvalue weighted by atomic mass is 10.1. The largest absolute Gasteiger partial charge is 0.449 e. The van der Waals surface area contributed by atoms with Gasteiger partial charge in [0.25, 0.3) is 5.91 Å². The number of carbonyl (C=O) groups excluding carboxylic acids is 2. The number of tetrazole rings is 1. The Morgan fingerprint density at radius 2 is 1.76 bits per heavy atom. The van der Waals surface area contributed by atoms with Gasteiger partial charge in [0, 0.05) is 5.69 Å². The fraction of sp³-hybridized carbons (Fsp3) is 0.0952. The van der Waals surface area contributed by atoms with Crippen molar-refractivity contribution in [2.75, 3.05) is 5.32 Å². The Kier molecular flexibility index (Phi) is 4.98. The van der Waals surface area contributed by atoms with Crippen molar-refractivity contribution in [1.29, 1.82) is 0 Å². The van der Waals surface area contributed by atoms with Crippen LogP contribution in [0.15, 0.2) is 73.1 Å². The summed E-state index contributed by atoms with van der Waals surface area (Å²) in [5.74, 6) is -0.992. The quantitative estimate of drug-likeness (QED) is 0.529. The van der Waals surface area contributed by atoms with E-state index in [2.05, 4.69) is 20.8 Å². The number of amides is 1. The second-order valence-electron chi connectivity index (χ2n) is 6.40. The van der Waals surface area contributed by atoms with Crippen molar-refractivity contribution < 1.29 is 14.3 Å². The van der Waals surface area contributed by atoms with Gasteiger partial charge in [0.05, 0.1) is 11.3 Å². The molecule has 0 saturated heterocycles. The maximum Gasteiger partial charge on any atom is 0.338 e. The van der Waals surface area contributed by atoms with Gasteiger partial charge in [-0.15, -0.1) is 5.10 Å². The highest BCUT2D eigenvalue weighted by Crippen LogP contribution is 2.19. The van der Waals surface area contributed by atoms with Crippen LogP contribution in [0.5, 0.6) is 0 Å². The van der Waals surface area contributed by atoms with Crippen molar-refractivity contribution >= 4 is 28.3 Å². The molecule has 8 nitrogen and oxygen atoms in total. The fourth-order valence-corrected chi connectivity index (χ4v) is 2.82. The molecule has 4 rings (SSSR count). The normalized spacial score (nSPS) is 11.8. The van der Waals surface area contributed by atoms with Crippen LogP contribution in [0.25, 0.3) is 16.5 Å². The number of rotatable bonds is 5. The summed E-state index contributed by atoms with van der Waals surface area (Å²) in [5, 5.41) is 15.8. The Hall–Kier alpha value is -4.07. The van der Waals surface area contributed by atoms with Gasteiger partial charge in [-0.3, -0.25) is 4.79 Å². The molecular formula is C21H17N5O3. The number of carbonyl (C=O) groups is 2. The van der Waals surface area contributed by atoms with E-state index < -0.39 is 18.0 Å². The smallest absolute Gasteiger partial charge is 0.338 e. The third-order valence-electron chi connectivity index (χ3n) is 4.39. The van der Waals surface area contributed by atoms with E-state index in [-0.39, 0.29) is 0 Å². The molecule has 1 aromatic heterocycles. The van der Waals surface area contributed by atoms with Crippen LogP contribution >= 0.6 is 0 Å². The number of hydrogen-bond donors (Lipinski definition) is 1. The molecule has 0 fully saturated rings. The van der Waals surface area contributed by atoms with Crippen LogP contribution in [0.4, 0.5) is 5.69 Å². The van der Waals surface area contributed by atoms with Gasteiger partial charge in [-0.2, -0.15) is 0 Å². The van der Waals surface area contributed by atoms with Gasteiger partial charge in [0.2, 0.25) is 0 Å². The van der Waals surface area contributed by atoms with Gasteiger partial charge in [0.1, 0.15) is 6.33 Å². The molecule has 144 valence electrons. The van der Waals surface area contributed by atoms with E-state index in [1.807, 2.05) is 42.5 Å². The lowest BCUT2D eigenvalue weighted by Crippen LogP contribution is -2.30. The molecule has 4 aromatic rings. The van der Waals surface area contributed by atoms with Gasteiger partial charge in [-0.1, -0.05) is 30.3 Å². The van der Waals surface area contributed by atoms with Crippen molar-refractivity contribution in [2.24, 2.45) is 0 Å². The Labute approximate surface area is 166 Å². The second-order valence-corrected chi connectivity index (χ2v) is 6.40. The monoisotopic (exact) mass is 387 g/mol. The minimum Gasteiger partial charge on any atom is -0.449 e. The molecule has 0 bridgehead atoms. The summed E-state index contributed by atoms with van der Waals surface area (Å²) in [6.45, 7) is 1.53. The highest BCUT2D eigenvalue weighted by molar-refractivity contribution is 5.99. The van der Waals surface area contributed by atoms with Gasteiger partial charge in [0.15, 0.2) is 6.10 Å². The van der Waals surface area contributed by atoms with Gasteiger partial charge < -0.3 is 10.1 Å². The summed E-state index contributed by atoms with van der Waals surface area (Å²) in [7, 11) is 0. The zero-order chi connectivity index (χ0) is 20.2. The number of fused-ring (bicyclic) bond motifs is 1. The predicted octanol–water partition coefficient (Wildman–Crippen LogP) is 3.00. The van der Waals surface area contributed by atoms with Crippen molar-refractivity contribution in [3.63, 3.8) is 0 Å². The first-order valence-electron chi connectivity index (χ1n) is 8.94. The molecule has 0 aliphatic carbocycles. The molecule has 29 heavy (non-hydrogen) atoms. The zero-order valence-electron chi connectivity index (χ0n) is 15.5. The van der Waals surface area contributed by atoms with Gasteiger partial charge in [-0.05, 0) is 64.5 Å². The average Bonchev–Trinajstić information content (AvgIpc) is 3.28. The van der Waals surface area contributed by atoms with Crippen LogP contribution in [0.2, 0.25) is 0 Å². The molecule has 1 N–H and O–H groups in total. The number of esters is 1. The van der Waals surface area contributed by atoms with E-state index in [1.54, 1.807) is 24.3 Å². The fourth-order valence-electron chi connectivity index (χ4n) is 2.82. The minimum absolute atomic E-state index is 0.326. The van der Waals surface area contributed by atoms with Crippen LogP contribution in [0.1, 0.15) is 17.3 Å². The number of aromatic nitrogens is 4. The van der Waals surface area contributed by atoms with Crippen LogP contribution in [-0.2, 0) is 9.53 Å².